The Morgan fingerprint density at radius 1 is 1.30 bits per heavy atom. The van der Waals surface area contributed by atoms with Gasteiger partial charge in [-0.15, -0.1) is 0 Å². The highest BCUT2D eigenvalue weighted by atomic mass is 35.5. The zero-order valence-corrected chi connectivity index (χ0v) is 12.0. The van der Waals surface area contributed by atoms with Crippen LogP contribution in [-0.2, 0) is 4.79 Å². The van der Waals surface area contributed by atoms with Crippen molar-refractivity contribution in [2.45, 2.75) is 38.1 Å². The highest BCUT2D eigenvalue weighted by Crippen LogP contribution is 2.30. The number of urea groups is 1. The number of rotatable bonds is 3. The minimum Gasteiger partial charge on any atom is -0.480 e. The van der Waals surface area contributed by atoms with E-state index in [2.05, 4.69) is 10.6 Å². The van der Waals surface area contributed by atoms with E-state index >= 15 is 0 Å². The molecule has 0 bridgehead atoms. The maximum Gasteiger partial charge on any atom is 0.329 e. The number of amides is 2. The van der Waals surface area contributed by atoms with E-state index in [1.54, 1.807) is 12.1 Å². The second-order valence-electron chi connectivity index (χ2n) is 5.16. The molecule has 0 aromatic heterocycles. The summed E-state index contributed by atoms with van der Waals surface area (Å²) in [4.78, 5) is 23.4. The second kappa shape index (κ2) is 5.71. The van der Waals surface area contributed by atoms with Crippen molar-refractivity contribution in [2.24, 2.45) is 0 Å². The van der Waals surface area contributed by atoms with E-state index in [0.717, 1.165) is 18.4 Å². The lowest BCUT2D eigenvalue weighted by atomic mass is 9.98. The summed E-state index contributed by atoms with van der Waals surface area (Å²) in [5.41, 5.74) is 0.279. The molecule has 3 N–H and O–H groups in total. The molecule has 0 unspecified atom stereocenters. The van der Waals surface area contributed by atoms with Crippen molar-refractivity contribution in [3.63, 3.8) is 0 Å². The van der Waals surface area contributed by atoms with Gasteiger partial charge in [0.1, 0.15) is 5.54 Å². The third kappa shape index (κ3) is 3.04. The van der Waals surface area contributed by atoms with Crippen LogP contribution in [0, 0.1) is 6.92 Å². The Bertz CT molecular complexity index is 539. The summed E-state index contributed by atoms with van der Waals surface area (Å²) in [5.74, 6) is -0.986. The van der Waals surface area contributed by atoms with E-state index < -0.39 is 17.5 Å². The van der Waals surface area contributed by atoms with Crippen LogP contribution in [0.15, 0.2) is 18.2 Å². The zero-order chi connectivity index (χ0) is 14.8. The molecule has 1 aromatic rings. The molecule has 108 valence electrons. The highest BCUT2D eigenvalue weighted by molar-refractivity contribution is 6.33. The summed E-state index contributed by atoms with van der Waals surface area (Å²) in [5, 5.41) is 14.9. The summed E-state index contributed by atoms with van der Waals surface area (Å²) in [6.07, 6.45) is 2.52. The summed E-state index contributed by atoms with van der Waals surface area (Å²) in [6.45, 7) is 1.88. The van der Waals surface area contributed by atoms with Gasteiger partial charge < -0.3 is 15.7 Å². The maximum atomic E-state index is 12.0. The van der Waals surface area contributed by atoms with Crippen molar-refractivity contribution in [3.05, 3.63) is 28.8 Å². The van der Waals surface area contributed by atoms with Crippen LogP contribution in [0.5, 0.6) is 0 Å². The Morgan fingerprint density at radius 3 is 2.55 bits per heavy atom. The molecule has 6 heteroatoms. The van der Waals surface area contributed by atoms with Crippen molar-refractivity contribution in [3.8, 4) is 0 Å². The van der Waals surface area contributed by atoms with E-state index in [1.807, 2.05) is 13.0 Å². The third-order valence-electron chi connectivity index (χ3n) is 3.59. The number of carbonyl (C=O) groups excluding carboxylic acids is 1. The second-order valence-corrected chi connectivity index (χ2v) is 5.56. The molecule has 2 amide bonds. The first-order chi connectivity index (χ1) is 9.43. The minimum absolute atomic E-state index is 0.418. The van der Waals surface area contributed by atoms with Crippen LogP contribution >= 0.6 is 11.6 Å². The van der Waals surface area contributed by atoms with Crippen LogP contribution in [0.1, 0.15) is 31.2 Å². The van der Waals surface area contributed by atoms with Crippen LogP contribution in [0.2, 0.25) is 5.02 Å². The van der Waals surface area contributed by atoms with Gasteiger partial charge in [0.05, 0.1) is 10.7 Å². The Kier molecular flexibility index (Phi) is 4.18. The largest absolute Gasteiger partial charge is 0.480 e. The first-order valence-corrected chi connectivity index (χ1v) is 6.89. The van der Waals surface area contributed by atoms with Crippen molar-refractivity contribution < 1.29 is 14.7 Å². The molecule has 1 fully saturated rings. The smallest absolute Gasteiger partial charge is 0.329 e. The molecule has 20 heavy (non-hydrogen) atoms. The van der Waals surface area contributed by atoms with E-state index in [0.29, 0.717) is 23.6 Å². The van der Waals surface area contributed by atoms with Gasteiger partial charge >= 0.3 is 12.0 Å². The molecule has 1 aliphatic rings. The molecule has 0 radical (unpaired) electrons. The Labute approximate surface area is 122 Å². The fourth-order valence-electron chi connectivity index (χ4n) is 2.48. The number of carbonyl (C=O) groups is 2. The zero-order valence-electron chi connectivity index (χ0n) is 11.2. The summed E-state index contributed by atoms with van der Waals surface area (Å²) in [7, 11) is 0. The fourth-order valence-corrected chi connectivity index (χ4v) is 2.64. The van der Waals surface area contributed by atoms with E-state index in [4.69, 9.17) is 11.6 Å². The van der Waals surface area contributed by atoms with Crippen molar-refractivity contribution in [2.75, 3.05) is 5.32 Å². The molecule has 0 saturated heterocycles. The van der Waals surface area contributed by atoms with Gasteiger partial charge in [-0.1, -0.05) is 30.5 Å². The number of hydrogen-bond donors (Lipinski definition) is 3. The van der Waals surface area contributed by atoms with Crippen molar-refractivity contribution in [1.29, 1.82) is 0 Å². The molecule has 1 aliphatic carbocycles. The summed E-state index contributed by atoms with van der Waals surface area (Å²) < 4.78 is 0. The van der Waals surface area contributed by atoms with Gasteiger partial charge in [0, 0.05) is 0 Å². The van der Waals surface area contributed by atoms with Gasteiger partial charge in [-0.3, -0.25) is 0 Å². The van der Waals surface area contributed by atoms with Gasteiger partial charge in [0.2, 0.25) is 0 Å². The quantitative estimate of drug-likeness (QED) is 0.801. The molecule has 1 saturated carbocycles. The number of hydrogen-bond acceptors (Lipinski definition) is 2. The minimum atomic E-state index is -1.15. The Hall–Kier alpha value is -1.75. The molecule has 0 heterocycles. The number of aryl methyl sites for hydroxylation is 1. The van der Waals surface area contributed by atoms with Gasteiger partial charge in [0.25, 0.3) is 0 Å². The molecule has 0 atom stereocenters. The number of carboxylic acids is 1. The number of anilines is 1. The molecule has 5 nitrogen and oxygen atoms in total. The number of aliphatic carboxylic acids is 1. The first-order valence-electron chi connectivity index (χ1n) is 6.52. The van der Waals surface area contributed by atoms with Gasteiger partial charge in [0.15, 0.2) is 0 Å². The van der Waals surface area contributed by atoms with Crippen LogP contribution in [0.25, 0.3) is 0 Å². The molecular formula is C14H17ClN2O3. The topological polar surface area (TPSA) is 78.4 Å². The van der Waals surface area contributed by atoms with Crippen LogP contribution in [0.4, 0.5) is 10.5 Å². The molecule has 2 rings (SSSR count). The first kappa shape index (κ1) is 14.7. The maximum absolute atomic E-state index is 12.0. The SMILES string of the molecule is Cc1ccc(Cl)c(NC(=O)NC2(C(=O)O)CCCC2)c1. The van der Waals surface area contributed by atoms with Crippen LogP contribution in [-0.4, -0.2) is 22.6 Å². The normalized spacial score (nSPS) is 16.7. The van der Waals surface area contributed by atoms with E-state index in [9.17, 15) is 14.7 Å². The monoisotopic (exact) mass is 296 g/mol. The van der Waals surface area contributed by atoms with Crippen molar-refractivity contribution >= 4 is 29.3 Å². The highest BCUT2D eigenvalue weighted by Gasteiger charge is 2.42. The van der Waals surface area contributed by atoms with Crippen LogP contribution < -0.4 is 10.6 Å². The van der Waals surface area contributed by atoms with Gasteiger partial charge in [-0.2, -0.15) is 0 Å². The lowest BCUT2D eigenvalue weighted by molar-refractivity contribution is -0.144. The predicted octanol–water partition coefficient (Wildman–Crippen LogP) is 3.17. The van der Waals surface area contributed by atoms with E-state index in [-0.39, 0.29) is 0 Å². The van der Waals surface area contributed by atoms with Gasteiger partial charge in [-0.05, 0) is 37.5 Å². The van der Waals surface area contributed by atoms with Gasteiger partial charge in [-0.25, -0.2) is 9.59 Å². The Balaban J connectivity index is 2.08. The molecule has 0 spiro atoms. The number of carboxylic acid groups (broad SMARTS) is 1. The average molecular weight is 297 g/mol. The summed E-state index contributed by atoms with van der Waals surface area (Å²) >= 11 is 6.00. The third-order valence-corrected chi connectivity index (χ3v) is 3.92. The molecule has 1 aromatic carbocycles. The molecule has 0 aliphatic heterocycles. The van der Waals surface area contributed by atoms with E-state index in [1.165, 1.54) is 0 Å². The number of nitrogens with one attached hydrogen (secondary N) is 2. The lowest BCUT2D eigenvalue weighted by Gasteiger charge is -2.25. The lowest BCUT2D eigenvalue weighted by Crippen LogP contribution is -2.53. The van der Waals surface area contributed by atoms with Crippen molar-refractivity contribution in [1.82, 2.24) is 5.32 Å². The fraction of sp³-hybridized carbons (Fsp3) is 0.429. The standard InChI is InChI=1S/C14H17ClN2O3/c1-9-4-5-10(15)11(8-9)16-13(20)17-14(12(18)19)6-2-3-7-14/h4-5,8H,2-3,6-7H2,1H3,(H,18,19)(H2,16,17,20). The molecular weight excluding hydrogens is 280 g/mol. The number of halogens is 1. The predicted molar refractivity (Wildman–Crippen MR) is 77.2 cm³/mol. The Morgan fingerprint density at radius 2 is 1.95 bits per heavy atom. The average Bonchev–Trinajstić information content (AvgIpc) is 2.83. The summed E-state index contributed by atoms with van der Waals surface area (Å²) in [6, 6.07) is 4.72. The number of benzene rings is 1. The van der Waals surface area contributed by atoms with Crippen LogP contribution in [0.3, 0.4) is 0 Å².